The number of para-hydroxylation sites is 1. The maximum absolute atomic E-state index is 12.1. The van der Waals surface area contributed by atoms with Crippen molar-refractivity contribution < 1.29 is 23.1 Å². The summed E-state index contributed by atoms with van der Waals surface area (Å²) in [4.78, 5) is 12.1. The molecule has 186 valence electrons. The Balaban J connectivity index is 1.40. The summed E-state index contributed by atoms with van der Waals surface area (Å²) < 4.78 is 32.1. The van der Waals surface area contributed by atoms with Gasteiger partial charge in [0.1, 0.15) is 16.4 Å². The van der Waals surface area contributed by atoms with Gasteiger partial charge in [0.15, 0.2) is 9.84 Å². The van der Waals surface area contributed by atoms with Crippen LogP contribution in [0.2, 0.25) is 0 Å². The van der Waals surface area contributed by atoms with Crippen LogP contribution in [-0.4, -0.2) is 30.3 Å². The zero-order valence-corrected chi connectivity index (χ0v) is 20.8. The van der Waals surface area contributed by atoms with E-state index in [9.17, 15) is 18.3 Å². The van der Waals surface area contributed by atoms with Gasteiger partial charge in [0.05, 0.1) is 11.3 Å². The average Bonchev–Trinajstić information content (AvgIpc) is 3.27. The smallest absolute Gasteiger partial charge is 0.337 e. The van der Waals surface area contributed by atoms with E-state index in [-0.39, 0.29) is 22.0 Å². The summed E-state index contributed by atoms with van der Waals surface area (Å²) in [6.45, 7) is 0.754. The molecule has 8 heteroatoms. The lowest BCUT2D eigenvalue weighted by molar-refractivity contribution is 0.0697. The maximum Gasteiger partial charge on any atom is 0.337 e. The van der Waals surface area contributed by atoms with E-state index in [0.717, 1.165) is 29.4 Å². The SMILES string of the molecule is CS(=O)(=O)c1ccccc1Oc1ccc(Nc2ccc3c(ccn3Cc3ccccc3)c2)c(C(=O)O)c1. The molecule has 37 heavy (non-hydrogen) atoms. The van der Waals surface area contributed by atoms with Gasteiger partial charge in [-0.05, 0) is 60.2 Å². The van der Waals surface area contributed by atoms with Gasteiger partial charge in [0.2, 0.25) is 0 Å². The van der Waals surface area contributed by atoms with Gasteiger partial charge in [-0.3, -0.25) is 0 Å². The number of carboxylic acid groups (broad SMARTS) is 1. The van der Waals surface area contributed by atoms with Gasteiger partial charge in [-0.1, -0.05) is 42.5 Å². The van der Waals surface area contributed by atoms with Gasteiger partial charge in [0.25, 0.3) is 0 Å². The summed E-state index contributed by atoms with van der Waals surface area (Å²) in [5.41, 5.74) is 3.40. The highest BCUT2D eigenvalue weighted by Crippen LogP contribution is 2.32. The highest BCUT2D eigenvalue weighted by Gasteiger charge is 2.17. The number of carboxylic acids is 1. The Hall–Kier alpha value is -4.56. The minimum Gasteiger partial charge on any atom is -0.478 e. The standard InChI is InChI=1S/C29H24N2O5S/c1-37(34,35)28-10-6-5-9-27(28)36-23-12-13-25(24(18-23)29(32)33)30-22-11-14-26-21(17-22)15-16-31(26)19-20-7-3-2-4-8-20/h2-18,30H,19H2,1H3,(H,32,33). The molecule has 0 aliphatic carbocycles. The number of benzene rings is 4. The van der Waals surface area contributed by atoms with Crippen LogP contribution in [0.1, 0.15) is 15.9 Å². The molecule has 1 aromatic heterocycles. The Morgan fingerprint density at radius 3 is 2.43 bits per heavy atom. The number of rotatable bonds is 8. The summed E-state index contributed by atoms with van der Waals surface area (Å²) in [7, 11) is -3.52. The number of nitrogens with zero attached hydrogens (tertiary/aromatic N) is 1. The highest BCUT2D eigenvalue weighted by molar-refractivity contribution is 7.90. The molecule has 5 aromatic rings. The van der Waals surface area contributed by atoms with Crippen LogP contribution in [0.4, 0.5) is 11.4 Å². The molecule has 2 N–H and O–H groups in total. The zero-order chi connectivity index (χ0) is 26.0. The summed E-state index contributed by atoms with van der Waals surface area (Å²) in [6.07, 6.45) is 3.13. The van der Waals surface area contributed by atoms with Crippen LogP contribution in [-0.2, 0) is 16.4 Å². The van der Waals surface area contributed by atoms with E-state index >= 15 is 0 Å². The molecule has 4 aromatic carbocycles. The second-order valence-corrected chi connectivity index (χ2v) is 10.6. The molecule has 0 saturated carbocycles. The molecular formula is C29H24N2O5S. The van der Waals surface area contributed by atoms with Crippen LogP contribution in [0.15, 0.2) is 108 Å². The van der Waals surface area contributed by atoms with E-state index in [1.807, 2.05) is 48.7 Å². The Bertz CT molecular complexity index is 1710. The van der Waals surface area contributed by atoms with Crippen molar-refractivity contribution in [3.63, 3.8) is 0 Å². The second-order valence-electron chi connectivity index (χ2n) is 8.66. The number of carbonyl (C=O) groups is 1. The Morgan fingerprint density at radius 2 is 1.68 bits per heavy atom. The first-order chi connectivity index (χ1) is 17.8. The molecule has 0 aliphatic heterocycles. The molecule has 0 saturated heterocycles. The summed E-state index contributed by atoms with van der Waals surface area (Å²) in [6, 6.07) is 28.9. The van der Waals surface area contributed by atoms with Crippen LogP contribution >= 0.6 is 0 Å². The predicted molar refractivity (Wildman–Crippen MR) is 144 cm³/mol. The van der Waals surface area contributed by atoms with Gasteiger partial charge in [-0.25, -0.2) is 13.2 Å². The number of nitrogens with one attached hydrogen (secondary N) is 1. The van der Waals surface area contributed by atoms with Gasteiger partial charge < -0.3 is 19.7 Å². The van der Waals surface area contributed by atoms with Crippen molar-refractivity contribution in [1.29, 1.82) is 0 Å². The number of anilines is 2. The maximum atomic E-state index is 12.1. The molecule has 0 spiro atoms. The minimum atomic E-state index is -3.52. The quantitative estimate of drug-likeness (QED) is 0.252. The van der Waals surface area contributed by atoms with Gasteiger partial charge in [-0.15, -0.1) is 0 Å². The Morgan fingerprint density at radius 1 is 0.919 bits per heavy atom. The number of sulfone groups is 1. The van der Waals surface area contributed by atoms with E-state index in [2.05, 4.69) is 22.0 Å². The van der Waals surface area contributed by atoms with E-state index in [4.69, 9.17) is 4.74 Å². The van der Waals surface area contributed by atoms with Crippen LogP contribution < -0.4 is 10.1 Å². The molecular weight excluding hydrogens is 488 g/mol. The van der Waals surface area contributed by atoms with Crippen molar-refractivity contribution in [3.8, 4) is 11.5 Å². The van der Waals surface area contributed by atoms with Gasteiger partial charge in [0, 0.05) is 35.6 Å². The summed E-state index contributed by atoms with van der Waals surface area (Å²) in [5, 5.41) is 14.1. The van der Waals surface area contributed by atoms with Crippen molar-refractivity contribution >= 4 is 38.1 Å². The molecule has 5 rings (SSSR count). The fraction of sp³-hybridized carbons (Fsp3) is 0.0690. The summed E-state index contributed by atoms with van der Waals surface area (Å²) >= 11 is 0. The van der Waals surface area contributed by atoms with Crippen LogP contribution in [0.3, 0.4) is 0 Å². The third-order valence-electron chi connectivity index (χ3n) is 5.94. The van der Waals surface area contributed by atoms with E-state index in [1.165, 1.54) is 23.8 Å². The monoisotopic (exact) mass is 512 g/mol. The highest BCUT2D eigenvalue weighted by atomic mass is 32.2. The van der Waals surface area contributed by atoms with Crippen LogP contribution in [0.5, 0.6) is 11.5 Å². The average molecular weight is 513 g/mol. The van der Waals surface area contributed by atoms with Crippen molar-refractivity contribution in [2.75, 3.05) is 11.6 Å². The minimum absolute atomic E-state index is 0.00363. The van der Waals surface area contributed by atoms with E-state index in [0.29, 0.717) is 5.69 Å². The molecule has 7 nitrogen and oxygen atoms in total. The molecule has 0 atom stereocenters. The first kappa shape index (κ1) is 24.1. The molecule has 1 heterocycles. The second kappa shape index (κ2) is 9.83. The number of hydrogen-bond acceptors (Lipinski definition) is 5. The largest absolute Gasteiger partial charge is 0.478 e. The third kappa shape index (κ3) is 5.34. The molecule has 0 bridgehead atoms. The van der Waals surface area contributed by atoms with Gasteiger partial charge >= 0.3 is 5.97 Å². The van der Waals surface area contributed by atoms with Crippen molar-refractivity contribution in [1.82, 2.24) is 4.57 Å². The lowest BCUT2D eigenvalue weighted by atomic mass is 10.1. The van der Waals surface area contributed by atoms with E-state index < -0.39 is 15.8 Å². The van der Waals surface area contributed by atoms with Crippen LogP contribution in [0.25, 0.3) is 10.9 Å². The topological polar surface area (TPSA) is 97.6 Å². The molecule has 0 aliphatic rings. The number of aromatic nitrogens is 1. The number of fused-ring (bicyclic) bond motifs is 1. The predicted octanol–water partition coefficient (Wildman–Crippen LogP) is 6.33. The molecule has 0 fully saturated rings. The number of ether oxygens (including phenoxy) is 1. The van der Waals surface area contributed by atoms with Gasteiger partial charge in [-0.2, -0.15) is 0 Å². The zero-order valence-electron chi connectivity index (χ0n) is 20.0. The van der Waals surface area contributed by atoms with Crippen molar-refractivity contribution in [2.45, 2.75) is 11.4 Å². The number of hydrogen-bond donors (Lipinski definition) is 2. The lowest BCUT2D eigenvalue weighted by Gasteiger charge is -2.14. The van der Waals surface area contributed by atoms with E-state index in [1.54, 1.807) is 24.3 Å². The van der Waals surface area contributed by atoms with Crippen molar-refractivity contribution in [2.24, 2.45) is 0 Å². The Labute approximate surface area is 214 Å². The summed E-state index contributed by atoms with van der Waals surface area (Å²) in [5.74, 6) is -0.792. The Kier molecular flexibility index (Phi) is 6.42. The lowest BCUT2D eigenvalue weighted by Crippen LogP contribution is -2.04. The fourth-order valence-electron chi connectivity index (χ4n) is 4.19. The first-order valence-corrected chi connectivity index (χ1v) is 13.4. The normalized spacial score (nSPS) is 11.4. The van der Waals surface area contributed by atoms with Crippen LogP contribution in [0, 0.1) is 0 Å². The molecule has 0 radical (unpaired) electrons. The molecule has 0 unspecified atom stereocenters. The fourth-order valence-corrected chi connectivity index (χ4v) is 4.99. The first-order valence-electron chi connectivity index (χ1n) is 11.5. The number of aromatic carboxylic acids is 1. The van der Waals surface area contributed by atoms with Crippen molar-refractivity contribution in [3.05, 3.63) is 114 Å². The molecule has 0 amide bonds. The third-order valence-corrected chi connectivity index (χ3v) is 7.08.